The summed E-state index contributed by atoms with van der Waals surface area (Å²) in [7, 11) is 0. The van der Waals surface area contributed by atoms with Crippen LogP contribution in [0.5, 0.6) is 0 Å². The molecule has 0 unspecified atom stereocenters. The number of carbonyl (C=O) groups excluding carboxylic acids is 4. The third-order valence-electron chi connectivity index (χ3n) is 5.66. The van der Waals surface area contributed by atoms with Gasteiger partial charge in [-0.3, -0.25) is 19.8 Å². The molecule has 0 spiro atoms. The summed E-state index contributed by atoms with van der Waals surface area (Å²) in [5.74, 6) is -1.79. The molecule has 0 aromatic heterocycles. The summed E-state index contributed by atoms with van der Waals surface area (Å²) < 4.78 is 13.4. The van der Waals surface area contributed by atoms with Gasteiger partial charge in [0.05, 0.1) is 0 Å². The molecule has 1 aliphatic carbocycles. The molecule has 1 heterocycles. The molecule has 30 heavy (non-hydrogen) atoms. The summed E-state index contributed by atoms with van der Waals surface area (Å²) in [6.45, 7) is 1.38. The van der Waals surface area contributed by atoms with E-state index in [1.165, 1.54) is 24.3 Å². The summed E-state index contributed by atoms with van der Waals surface area (Å²) in [4.78, 5) is 50.8. The number of imide groups is 2. The smallest absolute Gasteiger partial charge is 0.325 e. The number of halogens is 1. The second-order valence-corrected chi connectivity index (χ2v) is 7.84. The standard InChI is InChI=1S/C21H27FN4O4/c1-2-3-12-21(14-8-10-15(22)11-9-14)18(28)26(20(30)25-21)13-17(27)24-19(29)23-16-6-4-5-7-16/h8-11,16H,2-7,12-13H2,1H3,(H,25,30)(H2,23,24,27,29)/t21-/m1/s1. The van der Waals surface area contributed by atoms with Gasteiger partial charge in [-0.1, -0.05) is 44.7 Å². The minimum absolute atomic E-state index is 0.0367. The molecule has 162 valence electrons. The highest BCUT2D eigenvalue weighted by molar-refractivity contribution is 6.10. The average Bonchev–Trinajstić information content (AvgIpc) is 3.29. The molecule has 8 nitrogen and oxygen atoms in total. The SMILES string of the molecule is CCCC[C@]1(c2ccc(F)cc2)NC(=O)N(CC(=O)NC(=O)NC2CCCC2)C1=O. The number of nitrogens with zero attached hydrogens (tertiary/aromatic N) is 1. The summed E-state index contributed by atoms with van der Waals surface area (Å²) in [6, 6.07) is 4.07. The van der Waals surface area contributed by atoms with Crippen LogP contribution in [-0.4, -0.2) is 41.4 Å². The lowest BCUT2D eigenvalue weighted by Crippen LogP contribution is -2.48. The first kappa shape index (κ1) is 21.7. The van der Waals surface area contributed by atoms with Crippen molar-refractivity contribution in [2.45, 2.75) is 63.5 Å². The first-order valence-electron chi connectivity index (χ1n) is 10.4. The number of unbranched alkanes of at least 4 members (excludes halogenated alkanes) is 1. The fourth-order valence-corrected chi connectivity index (χ4v) is 4.06. The Bertz CT molecular complexity index is 823. The number of nitrogens with one attached hydrogen (secondary N) is 3. The molecule has 1 aliphatic heterocycles. The molecule has 1 saturated heterocycles. The van der Waals surface area contributed by atoms with Crippen LogP contribution in [0.3, 0.4) is 0 Å². The summed E-state index contributed by atoms with van der Waals surface area (Å²) in [6.07, 6.45) is 5.55. The number of hydrogen-bond donors (Lipinski definition) is 3. The Morgan fingerprint density at radius 3 is 2.50 bits per heavy atom. The largest absolute Gasteiger partial charge is 0.335 e. The van der Waals surface area contributed by atoms with Crippen molar-refractivity contribution in [3.05, 3.63) is 35.6 Å². The summed E-state index contributed by atoms with van der Waals surface area (Å²) in [5.41, 5.74) is -0.898. The van der Waals surface area contributed by atoms with Crippen LogP contribution < -0.4 is 16.0 Å². The Morgan fingerprint density at radius 1 is 1.20 bits per heavy atom. The Morgan fingerprint density at radius 2 is 1.87 bits per heavy atom. The van der Waals surface area contributed by atoms with Crippen LogP contribution in [0.2, 0.25) is 0 Å². The quantitative estimate of drug-likeness (QED) is 0.592. The highest BCUT2D eigenvalue weighted by Gasteiger charge is 2.52. The molecular weight excluding hydrogens is 391 g/mol. The van der Waals surface area contributed by atoms with Crippen molar-refractivity contribution >= 4 is 23.9 Å². The zero-order valence-corrected chi connectivity index (χ0v) is 17.0. The number of rotatable bonds is 7. The Hall–Kier alpha value is -2.97. The van der Waals surface area contributed by atoms with Gasteiger partial charge in [-0.2, -0.15) is 0 Å². The van der Waals surface area contributed by atoms with Crippen molar-refractivity contribution in [2.75, 3.05) is 6.54 Å². The lowest BCUT2D eigenvalue weighted by atomic mass is 9.85. The summed E-state index contributed by atoms with van der Waals surface area (Å²) in [5, 5.41) is 7.59. The molecule has 6 amide bonds. The van der Waals surface area contributed by atoms with Gasteiger partial charge in [0.1, 0.15) is 17.9 Å². The van der Waals surface area contributed by atoms with E-state index in [9.17, 15) is 23.6 Å². The van der Waals surface area contributed by atoms with Crippen molar-refractivity contribution in [1.29, 1.82) is 0 Å². The Labute approximate surface area is 174 Å². The van der Waals surface area contributed by atoms with E-state index in [0.29, 0.717) is 18.4 Å². The van der Waals surface area contributed by atoms with E-state index in [0.717, 1.165) is 37.0 Å². The molecule has 1 atom stereocenters. The number of amides is 6. The van der Waals surface area contributed by atoms with Crippen LogP contribution >= 0.6 is 0 Å². The van der Waals surface area contributed by atoms with E-state index in [2.05, 4.69) is 16.0 Å². The Kier molecular flexibility index (Phi) is 6.69. The zero-order chi connectivity index (χ0) is 21.7. The maximum absolute atomic E-state index is 13.4. The van der Waals surface area contributed by atoms with Gasteiger partial charge in [0.2, 0.25) is 5.91 Å². The van der Waals surface area contributed by atoms with E-state index in [1.54, 1.807) is 0 Å². The molecule has 2 aliphatic rings. The van der Waals surface area contributed by atoms with Crippen LogP contribution in [0.25, 0.3) is 0 Å². The Balaban J connectivity index is 1.70. The molecular formula is C21H27FN4O4. The average molecular weight is 418 g/mol. The van der Waals surface area contributed by atoms with Gasteiger partial charge >= 0.3 is 12.1 Å². The lowest BCUT2D eigenvalue weighted by Gasteiger charge is -2.27. The van der Waals surface area contributed by atoms with Gasteiger partial charge in [-0.15, -0.1) is 0 Å². The maximum atomic E-state index is 13.4. The lowest BCUT2D eigenvalue weighted by molar-refractivity contribution is -0.135. The molecule has 3 rings (SSSR count). The molecule has 0 bridgehead atoms. The molecule has 3 N–H and O–H groups in total. The predicted octanol–water partition coefficient (Wildman–Crippen LogP) is 2.53. The van der Waals surface area contributed by atoms with Crippen molar-refractivity contribution < 1.29 is 23.6 Å². The second kappa shape index (κ2) is 9.23. The van der Waals surface area contributed by atoms with Crippen LogP contribution in [-0.2, 0) is 15.1 Å². The third kappa shape index (κ3) is 4.60. The number of benzene rings is 1. The van der Waals surface area contributed by atoms with Crippen LogP contribution in [0.4, 0.5) is 14.0 Å². The van der Waals surface area contributed by atoms with Gasteiger partial charge in [0.15, 0.2) is 0 Å². The van der Waals surface area contributed by atoms with Gasteiger partial charge in [-0.25, -0.2) is 14.0 Å². The van der Waals surface area contributed by atoms with Crippen LogP contribution in [0.1, 0.15) is 57.4 Å². The van der Waals surface area contributed by atoms with Gasteiger partial charge in [-0.05, 0) is 37.0 Å². The number of hydrogen-bond acceptors (Lipinski definition) is 4. The molecule has 9 heteroatoms. The molecule has 1 aromatic carbocycles. The maximum Gasteiger partial charge on any atom is 0.325 e. The molecule has 1 aromatic rings. The van der Waals surface area contributed by atoms with Crippen molar-refractivity contribution in [1.82, 2.24) is 20.9 Å². The van der Waals surface area contributed by atoms with Crippen molar-refractivity contribution in [3.8, 4) is 0 Å². The first-order chi connectivity index (χ1) is 14.4. The highest BCUT2D eigenvalue weighted by Crippen LogP contribution is 2.34. The minimum Gasteiger partial charge on any atom is -0.335 e. The van der Waals surface area contributed by atoms with E-state index >= 15 is 0 Å². The van der Waals surface area contributed by atoms with Crippen molar-refractivity contribution in [2.24, 2.45) is 0 Å². The monoisotopic (exact) mass is 418 g/mol. The van der Waals surface area contributed by atoms with Crippen LogP contribution in [0.15, 0.2) is 24.3 Å². The van der Waals surface area contributed by atoms with E-state index < -0.39 is 41.8 Å². The van der Waals surface area contributed by atoms with E-state index in [-0.39, 0.29) is 6.04 Å². The predicted molar refractivity (Wildman–Crippen MR) is 107 cm³/mol. The molecule has 0 radical (unpaired) electrons. The van der Waals surface area contributed by atoms with Crippen LogP contribution in [0, 0.1) is 5.82 Å². The fourth-order valence-electron chi connectivity index (χ4n) is 4.06. The second-order valence-electron chi connectivity index (χ2n) is 7.84. The third-order valence-corrected chi connectivity index (χ3v) is 5.66. The molecule has 1 saturated carbocycles. The topological polar surface area (TPSA) is 108 Å². The first-order valence-corrected chi connectivity index (χ1v) is 10.4. The minimum atomic E-state index is -1.35. The van der Waals surface area contributed by atoms with Gasteiger partial charge in [0.25, 0.3) is 5.91 Å². The number of urea groups is 2. The van der Waals surface area contributed by atoms with E-state index in [1.807, 2.05) is 6.92 Å². The van der Waals surface area contributed by atoms with Gasteiger partial charge < -0.3 is 10.6 Å². The normalized spacial score (nSPS) is 21.6. The number of carbonyl (C=O) groups is 4. The zero-order valence-electron chi connectivity index (χ0n) is 17.0. The van der Waals surface area contributed by atoms with Gasteiger partial charge in [0, 0.05) is 6.04 Å². The highest BCUT2D eigenvalue weighted by atomic mass is 19.1. The summed E-state index contributed by atoms with van der Waals surface area (Å²) >= 11 is 0. The van der Waals surface area contributed by atoms with E-state index in [4.69, 9.17) is 0 Å². The molecule has 2 fully saturated rings. The fraction of sp³-hybridized carbons (Fsp3) is 0.524. The van der Waals surface area contributed by atoms with Crippen molar-refractivity contribution in [3.63, 3.8) is 0 Å².